The molecule has 0 unspecified atom stereocenters. The molecule has 1 aromatic heterocycles. The Balaban J connectivity index is 2.84. The summed E-state index contributed by atoms with van der Waals surface area (Å²) in [7, 11) is 0. The van der Waals surface area contributed by atoms with E-state index in [4.69, 9.17) is 5.73 Å². The van der Waals surface area contributed by atoms with Crippen molar-refractivity contribution in [2.24, 2.45) is 5.73 Å². The van der Waals surface area contributed by atoms with Gasteiger partial charge in [0.2, 0.25) is 0 Å². The third-order valence-corrected chi connectivity index (χ3v) is 3.15. The fourth-order valence-electron chi connectivity index (χ4n) is 2.55. The summed E-state index contributed by atoms with van der Waals surface area (Å²) in [6.45, 7) is 9.32. The molecule has 0 bridgehead atoms. The first kappa shape index (κ1) is 11.2. The number of H-pyrrole nitrogens is 1. The summed E-state index contributed by atoms with van der Waals surface area (Å²) >= 11 is 0. The molecule has 2 nitrogen and oxygen atoms in total. The second-order valence-corrected chi connectivity index (χ2v) is 4.88. The van der Waals surface area contributed by atoms with Crippen molar-refractivity contribution < 1.29 is 0 Å². The molecule has 1 aromatic carbocycles. The van der Waals surface area contributed by atoms with Crippen LogP contribution in [0.25, 0.3) is 10.9 Å². The van der Waals surface area contributed by atoms with Crippen LogP contribution < -0.4 is 5.73 Å². The van der Waals surface area contributed by atoms with Gasteiger partial charge in [0.05, 0.1) is 0 Å². The number of nitrogens with two attached hydrogens (primary N) is 1. The summed E-state index contributed by atoms with van der Waals surface area (Å²) in [5.41, 5.74) is 12.2. The molecule has 2 rings (SSSR count). The summed E-state index contributed by atoms with van der Waals surface area (Å²) in [5.74, 6) is 0.508. The van der Waals surface area contributed by atoms with E-state index in [2.05, 4.69) is 44.8 Å². The summed E-state index contributed by atoms with van der Waals surface area (Å²) < 4.78 is 0. The smallest absolute Gasteiger partial charge is 0.0489 e. The standard InChI is InChI=1S/C14H20N2/c1-8(2)13-11-6-9(3)5-10(4)14(11)16-12(13)7-15/h5-6,8,16H,7,15H2,1-4H3. The van der Waals surface area contributed by atoms with Crippen LogP contribution in [-0.2, 0) is 6.54 Å². The highest BCUT2D eigenvalue weighted by Crippen LogP contribution is 2.31. The van der Waals surface area contributed by atoms with E-state index in [-0.39, 0.29) is 0 Å². The highest BCUT2D eigenvalue weighted by molar-refractivity contribution is 5.88. The molecule has 0 aliphatic carbocycles. The van der Waals surface area contributed by atoms with Crippen LogP contribution in [0.5, 0.6) is 0 Å². The Labute approximate surface area is 96.9 Å². The predicted octanol–water partition coefficient (Wildman–Crippen LogP) is 3.37. The summed E-state index contributed by atoms with van der Waals surface area (Å²) in [5, 5.41) is 1.34. The average Bonchev–Trinajstić information content (AvgIpc) is 2.56. The van der Waals surface area contributed by atoms with Crippen LogP contribution in [0.3, 0.4) is 0 Å². The minimum absolute atomic E-state index is 0.508. The molecule has 2 heteroatoms. The topological polar surface area (TPSA) is 41.8 Å². The number of nitrogens with one attached hydrogen (secondary N) is 1. The lowest BCUT2D eigenvalue weighted by Gasteiger charge is -2.07. The lowest BCUT2D eigenvalue weighted by molar-refractivity contribution is 0.841. The van der Waals surface area contributed by atoms with Crippen molar-refractivity contribution in [3.05, 3.63) is 34.5 Å². The lowest BCUT2D eigenvalue weighted by Crippen LogP contribution is -2.01. The van der Waals surface area contributed by atoms with Gasteiger partial charge in [0, 0.05) is 23.1 Å². The number of fused-ring (bicyclic) bond motifs is 1. The van der Waals surface area contributed by atoms with Crippen molar-refractivity contribution in [3.8, 4) is 0 Å². The molecule has 2 aromatic rings. The lowest BCUT2D eigenvalue weighted by atomic mass is 9.97. The molecule has 16 heavy (non-hydrogen) atoms. The van der Waals surface area contributed by atoms with Gasteiger partial charge in [0.1, 0.15) is 0 Å². The second-order valence-electron chi connectivity index (χ2n) is 4.88. The Morgan fingerprint density at radius 1 is 1.25 bits per heavy atom. The Hall–Kier alpha value is -1.28. The molecule has 86 valence electrons. The fraction of sp³-hybridized carbons (Fsp3) is 0.429. The fourth-order valence-corrected chi connectivity index (χ4v) is 2.55. The molecule has 0 atom stereocenters. The maximum absolute atomic E-state index is 5.81. The van der Waals surface area contributed by atoms with Gasteiger partial charge in [0.25, 0.3) is 0 Å². The largest absolute Gasteiger partial charge is 0.357 e. The van der Waals surface area contributed by atoms with E-state index in [1.807, 2.05) is 0 Å². The van der Waals surface area contributed by atoms with E-state index in [1.54, 1.807) is 0 Å². The first-order valence-electron chi connectivity index (χ1n) is 5.86. The number of aromatic amines is 1. The van der Waals surface area contributed by atoms with Crippen molar-refractivity contribution >= 4 is 10.9 Å². The van der Waals surface area contributed by atoms with E-state index < -0.39 is 0 Å². The summed E-state index contributed by atoms with van der Waals surface area (Å²) in [4.78, 5) is 3.47. The minimum atomic E-state index is 0.508. The maximum Gasteiger partial charge on any atom is 0.0489 e. The van der Waals surface area contributed by atoms with Gasteiger partial charge in [-0.05, 0) is 37.0 Å². The summed E-state index contributed by atoms with van der Waals surface area (Å²) in [6.07, 6.45) is 0. The third-order valence-electron chi connectivity index (χ3n) is 3.15. The number of hydrogen-bond acceptors (Lipinski definition) is 1. The number of aromatic nitrogens is 1. The van der Waals surface area contributed by atoms with Gasteiger partial charge in [-0.2, -0.15) is 0 Å². The molecule has 0 saturated heterocycles. The van der Waals surface area contributed by atoms with Crippen LogP contribution >= 0.6 is 0 Å². The summed E-state index contributed by atoms with van der Waals surface area (Å²) in [6, 6.07) is 4.47. The normalized spacial score (nSPS) is 11.6. The van der Waals surface area contributed by atoms with E-state index in [0.29, 0.717) is 12.5 Å². The van der Waals surface area contributed by atoms with Gasteiger partial charge in [-0.3, -0.25) is 0 Å². The van der Waals surface area contributed by atoms with Crippen molar-refractivity contribution in [2.45, 2.75) is 40.2 Å². The van der Waals surface area contributed by atoms with Crippen molar-refractivity contribution in [3.63, 3.8) is 0 Å². The molecule has 0 radical (unpaired) electrons. The highest BCUT2D eigenvalue weighted by atomic mass is 14.8. The van der Waals surface area contributed by atoms with Crippen molar-refractivity contribution in [1.82, 2.24) is 4.98 Å². The zero-order chi connectivity index (χ0) is 11.9. The zero-order valence-electron chi connectivity index (χ0n) is 10.5. The molecular weight excluding hydrogens is 196 g/mol. The van der Waals surface area contributed by atoms with E-state index >= 15 is 0 Å². The van der Waals surface area contributed by atoms with Crippen LogP contribution in [0.2, 0.25) is 0 Å². The Morgan fingerprint density at radius 2 is 1.94 bits per heavy atom. The molecule has 0 spiro atoms. The number of hydrogen-bond donors (Lipinski definition) is 2. The van der Waals surface area contributed by atoms with Gasteiger partial charge >= 0.3 is 0 Å². The van der Waals surface area contributed by atoms with Crippen LogP contribution in [0.4, 0.5) is 0 Å². The van der Waals surface area contributed by atoms with E-state index in [1.165, 1.54) is 33.3 Å². The Bertz CT molecular complexity index is 521. The van der Waals surface area contributed by atoms with Gasteiger partial charge in [-0.15, -0.1) is 0 Å². The van der Waals surface area contributed by atoms with E-state index in [9.17, 15) is 0 Å². The SMILES string of the molecule is Cc1cc(C)c2[nH]c(CN)c(C(C)C)c2c1. The monoisotopic (exact) mass is 216 g/mol. The molecule has 0 aliphatic rings. The molecule has 3 N–H and O–H groups in total. The molecule has 0 amide bonds. The van der Waals surface area contributed by atoms with Crippen LogP contribution in [-0.4, -0.2) is 4.98 Å². The Kier molecular flexibility index (Phi) is 2.76. The number of rotatable bonds is 2. The Morgan fingerprint density at radius 3 is 2.50 bits per heavy atom. The zero-order valence-corrected chi connectivity index (χ0v) is 10.5. The van der Waals surface area contributed by atoms with E-state index in [0.717, 1.165) is 0 Å². The number of benzene rings is 1. The molecule has 0 fully saturated rings. The second kappa shape index (κ2) is 3.95. The van der Waals surface area contributed by atoms with Gasteiger partial charge in [-0.25, -0.2) is 0 Å². The van der Waals surface area contributed by atoms with Gasteiger partial charge in [0.15, 0.2) is 0 Å². The number of aryl methyl sites for hydroxylation is 2. The minimum Gasteiger partial charge on any atom is -0.357 e. The first-order valence-corrected chi connectivity index (χ1v) is 5.86. The third kappa shape index (κ3) is 1.63. The molecule has 0 aliphatic heterocycles. The molecule has 1 heterocycles. The van der Waals surface area contributed by atoms with Crippen molar-refractivity contribution in [1.29, 1.82) is 0 Å². The first-order chi connectivity index (χ1) is 7.54. The van der Waals surface area contributed by atoms with Gasteiger partial charge < -0.3 is 10.7 Å². The average molecular weight is 216 g/mol. The molecular formula is C14H20N2. The predicted molar refractivity (Wildman–Crippen MR) is 69.8 cm³/mol. The molecule has 0 saturated carbocycles. The van der Waals surface area contributed by atoms with Crippen LogP contribution in [0.1, 0.15) is 42.1 Å². The van der Waals surface area contributed by atoms with Gasteiger partial charge in [-0.1, -0.05) is 25.5 Å². The van der Waals surface area contributed by atoms with Crippen LogP contribution in [0, 0.1) is 13.8 Å². The van der Waals surface area contributed by atoms with Crippen LogP contribution in [0.15, 0.2) is 12.1 Å². The van der Waals surface area contributed by atoms with Crippen molar-refractivity contribution in [2.75, 3.05) is 0 Å². The highest BCUT2D eigenvalue weighted by Gasteiger charge is 2.14. The maximum atomic E-state index is 5.81. The quantitative estimate of drug-likeness (QED) is 0.794.